The molecule has 0 unspecified atom stereocenters. The van der Waals surface area contributed by atoms with Gasteiger partial charge in [0.05, 0.1) is 12.3 Å². The molecular formula is C8H9FN2O3S. The molecule has 2 N–H and O–H groups in total. The van der Waals surface area contributed by atoms with Gasteiger partial charge < -0.3 is 4.74 Å². The SMILES string of the molecule is NS(=O)(=O)c1cc(OC2CC2)c(F)cn1. The number of primary sulfonamides is 1. The van der Waals surface area contributed by atoms with E-state index >= 15 is 0 Å². The van der Waals surface area contributed by atoms with E-state index in [0.717, 1.165) is 25.1 Å². The van der Waals surface area contributed by atoms with Gasteiger partial charge in [0.2, 0.25) is 0 Å². The number of sulfonamides is 1. The number of hydrogen-bond donors (Lipinski definition) is 1. The highest BCUT2D eigenvalue weighted by atomic mass is 32.2. The lowest BCUT2D eigenvalue weighted by molar-refractivity contribution is 0.285. The Morgan fingerprint density at radius 2 is 2.20 bits per heavy atom. The molecule has 7 heteroatoms. The lowest BCUT2D eigenvalue weighted by Crippen LogP contribution is -2.14. The van der Waals surface area contributed by atoms with Crippen molar-refractivity contribution in [2.75, 3.05) is 0 Å². The Labute approximate surface area is 86.1 Å². The average Bonchev–Trinajstić information content (AvgIpc) is 2.90. The van der Waals surface area contributed by atoms with Crippen LogP contribution in [0.2, 0.25) is 0 Å². The normalized spacial score (nSPS) is 16.4. The van der Waals surface area contributed by atoms with E-state index in [9.17, 15) is 12.8 Å². The molecule has 1 fully saturated rings. The summed E-state index contributed by atoms with van der Waals surface area (Å²) in [5, 5.41) is 4.46. The molecule has 1 aromatic heterocycles. The van der Waals surface area contributed by atoms with Crippen molar-refractivity contribution in [1.82, 2.24) is 4.98 Å². The predicted octanol–water partition coefficient (Wildman–Crippen LogP) is 0.409. The van der Waals surface area contributed by atoms with Gasteiger partial charge in [-0.1, -0.05) is 0 Å². The van der Waals surface area contributed by atoms with Crippen LogP contribution in [0.4, 0.5) is 4.39 Å². The molecule has 0 atom stereocenters. The Balaban J connectivity index is 2.35. The first-order valence-corrected chi connectivity index (χ1v) is 5.86. The molecule has 1 saturated carbocycles. The molecule has 0 aliphatic heterocycles. The molecular weight excluding hydrogens is 223 g/mol. The largest absolute Gasteiger partial charge is 0.487 e. The molecule has 1 aliphatic rings. The standard InChI is InChI=1S/C8H9FN2O3S/c9-6-4-11-8(15(10,12)13)3-7(6)14-5-1-2-5/h3-5H,1-2H2,(H2,10,12,13). The molecule has 5 nitrogen and oxygen atoms in total. The summed E-state index contributed by atoms with van der Waals surface area (Å²) in [5.41, 5.74) is 0. The molecule has 0 spiro atoms. The number of rotatable bonds is 3. The summed E-state index contributed by atoms with van der Waals surface area (Å²) < 4.78 is 40.1. The van der Waals surface area contributed by atoms with Gasteiger partial charge in [0.15, 0.2) is 16.6 Å². The summed E-state index contributed by atoms with van der Waals surface area (Å²) in [7, 11) is -3.92. The summed E-state index contributed by atoms with van der Waals surface area (Å²) in [6.45, 7) is 0. The quantitative estimate of drug-likeness (QED) is 0.818. The second kappa shape index (κ2) is 3.42. The van der Waals surface area contributed by atoms with Crippen molar-refractivity contribution >= 4 is 10.0 Å². The first kappa shape index (κ1) is 10.3. The summed E-state index contributed by atoms with van der Waals surface area (Å²) >= 11 is 0. The minimum atomic E-state index is -3.92. The molecule has 2 rings (SSSR count). The second-order valence-electron chi connectivity index (χ2n) is 3.32. The molecule has 1 aliphatic carbocycles. The topological polar surface area (TPSA) is 82.3 Å². The third-order valence-electron chi connectivity index (χ3n) is 1.90. The molecule has 15 heavy (non-hydrogen) atoms. The van der Waals surface area contributed by atoms with E-state index in [1.807, 2.05) is 0 Å². The zero-order valence-electron chi connectivity index (χ0n) is 7.68. The number of nitrogens with zero attached hydrogens (tertiary/aromatic N) is 1. The first-order chi connectivity index (χ1) is 6.97. The van der Waals surface area contributed by atoms with Crippen LogP contribution in [0, 0.1) is 5.82 Å². The van der Waals surface area contributed by atoms with Crippen LogP contribution >= 0.6 is 0 Å². The van der Waals surface area contributed by atoms with E-state index in [0.29, 0.717) is 0 Å². The van der Waals surface area contributed by atoms with Crippen LogP contribution in [0.5, 0.6) is 5.75 Å². The number of aromatic nitrogens is 1. The smallest absolute Gasteiger partial charge is 0.255 e. The van der Waals surface area contributed by atoms with E-state index in [1.54, 1.807) is 0 Å². The van der Waals surface area contributed by atoms with Gasteiger partial charge in [-0.05, 0) is 12.8 Å². The monoisotopic (exact) mass is 232 g/mol. The Bertz CT molecular complexity index is 485. The van der Waals surface area contributed by atoms with Crippen LogP contribution in [0.25, 0.3) is 0 Å². The van der Waals surface area contributed by atoms with Gasteiger partial charge in [-0.25, -0.2) is 22.9 Å². The fourth-order valence-electron chi connectivity index (χ4n) is 1.01. The number of ether oxygens (including phenoxy) is 1. The fraction of sp³-hybridized carbons (Fsp3) is 0.375. The Morgan fingerprint density at radius 3 is 2.73 bits per heavy atom. The van der Waals surface area contributed by atoms with Crippen LogP contribution in [-0.4, -0.2) is 19.5 Å². The van der Waals surface area contributed by atoms with Crippen LogP contribution in [0.15, 0.2) is 17.3 Å². The Kier molecular flexibility index (Phi) is 2.35. The highest BCUT2D eigenvalue weighted by molar-refractivity contribution is 7.89. The number of hydrogen-bond acceptors (Lipinski definition) is 4. The van der Waals surface area contributed by atoms with Crippen LogP contribution in [-0.2, 0) is 10.0 Å². The maximum Gasteiger partial charge on any atom is 0.255 e. The summed E-state index contributed by atoms with van der Waals surface area (Å²) in [6.07, 6.45) is 2.48. The summed E-state index contributed by atoms with van der Waals surface area (Å²) in [4.78, 5) is 3.37. The van der Waals surface area contributed by atoms with Gasteiger partial charge >= 0.3 is 0 Å². The molecule has 0 saturated heterocycles. The maximum atomic E-state index is 13.1. The van der Waals surface area contributed by atoms with Gasteiger partial charge in [0, 0.05) is 6.07 Å². The van der Waals surface area contributed by atoms with Crippen LogP contribution in [0.1, 0.15) is 12.8 Å². The fourth-order valence-corrected chi connectivity index (χ4v) is 1.48. The molecule has 0 aromatic carbocycles. The van der Waals surface area contributed by atoms with Crippen LogP contribution in [0.3, 0.4) is 0 Å². The minimum absolute atomic E-state index is 0.0183. The zero-order valence-corrected chi connectivity index (χ0v) is 8.50. The highest BCUT2D eigenvalue weighted by Crippen LogP contribution is 2.29. The number of pyridine rings is 1. The second-order valence-corrected chi connectivity index (χ2v) is 4.82. The number of halogens is 1. The van der Waals surface area contributed by atoms with Gasteiger partial charge in [0.25, 0.3) is 10.0 Å². The average molecular weight is 232 g/mol. The third-order valence-corrected chi connectivity index (χ3v) is 2.71. The molecule has 1 aromatic rings. The molecule has 0 radical (unpaired) electrons. The third kappa shape index (κ3) is 2.42. The molecule has 0 bridgehead atoms. The van der Waals surface area contributed by atoms with Crippen molar-refractivity contribution in [3.8, 4) is 5.75 Å². The van der Waals surface area contributed by atoms with E-state index in [1.165, 1.54) is 0 Å². The van der Waals surface area contributed by atoms with Gasteiger partial charge in [0.1, 0.15) is 0 Å². The Hall–Kier alpha value is -1.21. The summed E-state index contributed by atoms with van der Waals surface area (Å²) in [6, 6.07) is 1.00. The van der Waals surface area contributed by atoms with E-state index < -0.39 is 15.8 Å². The van der Waals surface area contributed by atoms with Gasteiger partial charge in [-0.2, -0.15) is 0 Å². The van der Waals surface area contributed by atoms with Gasteiger partial charge in [-0.15, -0.1) is 0 Å². The van der Waals surface area contributed by atoms with E-state index in [4.69, 9.17) is 9.88 Å². The first-order valence-electron chi connectivity index (χ1n) is 4.32. The highest BCUT2D eigenvalue weighted by Gasteiger charge is 2.25. The van der Waals surface area contributed by atoms with Crippen molar-refractivity contribution in [2.45, 2.75) is 24.0 Å². The lowest BCUT2D eigenvalue weighted by atomic mass is 10.4. The van der Waals surface area contributed by atoms with Crippen molar-refractivity contribution in [3.05, 3.63) is 18.1 Å². The number of nitrogens with two attached hydrogens (primary N) is 1. The Morgan fingerprint density at radius 1 is 1.53 bits per heavy atom. The lowest BCUT2D eigenvalue weighted by Gasteiger charge is -2.06. The molecule has 82 valence electrons. The molecule has 1 heterocycles. The van der Waals surface area contributed by atoms with Crippen LogP contribution < -0.4 is 9.88 Å². The van der Waals surface area contributed by atoms with E-state index in [-0.39, 0.29) is 16.9 Å². The summed E-state index contributed by atoms with van der Waals surface area (Å²) in [5.74, 6) is -0.800. The van der Waals surface area contributed by atoms with Crippen molar-refractivity contribution in [1.29, 1.82) is 0 Å². The van der Waals surface area contributed by atoms with Crippen molar-refractivity contribution in [2.24, 2.45) is 5.14 Å². The minimum Gasteiger partial charge on any atom is -0.487 e. The van der Waals surface area contributed by atoms with E-state index in [2.05, 4.69) is 4.98 Å². The predicted molar refractivity (Wildman–Crippen MR) is 49.2 cm³/mol. The molecule has 0 amide bonds. The zero-order chi connectivity index (χ0) is 11.1. The van der Waals surface area contributed by atoms with Gasteiger partial charge in [-0.3, -0.25) is 0 Å². The van der Waals surface area contributed by atoms with Crippen molar-refractivity contribution < 1.29 is 17.5 Å². The van der Waals surface area contributed by atoms with Crippen molar-refractivity contribution in [3.63, 3.8) is 0 Å². The maximum absolute atomic E-state index is 13.1.